The molecule has 5 nitrogen and oxygen atoms in total. The highest BCUT2D eigenvalue weighted by atomic mass is 16.5. The number of carbonyl (C=O) groups excluding carboxylic acids is 2. The van der Waals surface area contributed by atoms with Crippen LogP contribution in [0.4, 0.5) is 10.5 Å². The largest absolute Gasteiger partial charge is 0.473 e. The molecule has 2 aromatic rings. The first-order chi connectivity index (χ1) is 11.0. The van der Waals surface area contributed by atoms with Crippen molar-refractivity contribution in [3.05, 3.63) is 59.2 Å². The molecule has 0 unspecified atom stereocenters. The van der Waals surface area contributed by atoms with Crippen LogP contribution in [0.1, 0.15) is 28.4 Å². The zero-order chi connectivity index (χ0) is 16.8. The minimum absolute atomic E-state index is 0.0112. The molecule has 5 heteroatoms. The van der Waals surface area contributed by atoms with Crippen molar-refractivity contribution >= 4 is 17.5 Å². The highest BCUT2D eigenvalue weighted by molar-refractivity contribution is 5.95. The van der Waals surface area contributed by atoms with Gasteiger partial charge in [0.1, 0.15) is 5.75 Å². The van der Waals surface area contributed by atoms with Gasteiger partial charge in [-0.05, 0) is 56.7 Å². The second-order valence-electron chi connectivity index (χ2n) is 5.32. The van der Waals surface area contributed by atoms with Crippen molar-refractivity contribution in [2.75, 3.05) is 12.0 Å². The fourth-order valence-corrected chi connectivity index (χ4v) is 2.10. The molecule has 23 heavy (non-hydrogen) atoms. The summed E-state index contributed by atoms with van der Waals surface area (Å²) in [6, 6.07) is 12.2. The molecule has 2 rings (SSSR count). The first-order valence-corrected chi connectivity index (χ1v) is 7.31. The van der Waals surface area contributed by atoms with Crippen molar-refractivity contribution in [1.29, 1.82) is 0 Å². The van der Waals surface area contributed by atoms with Gasteiger partial charge in [0.2, 0.25) is 0 Å². The van der Waals surface area contributed by atoms with Gasteiger partial charge in [0.15, 0.2) is 12.5 Å². The van der Waals surface area contributed by atoms with Crippen molar-refractivity contribution in [2.24, 2.45) is 0 Å². The summed E-state index contributed by atoms with van der Waals surface area (Å²) in [4.78, 5) is 23.0. The summed E-state index contributed by atoms with van der Waals surface area (Å²) < 4.78 is 5.53. The van der Waals surface area contributed by atoms with Gasteiger partial charge in [0, 0.05) is 11.3 Å². The van der Waals surface area contributed by atoms with Gasteiger partial charge in [-0.3, -0.25) is 4.79 Å². The molecule has 120 valence electrons. The quantitative estimate of drug-likeness (QED) is 0.654. The van der Waals surface area contributed by atoms with E-state index in [2.05, 4.69) is 10.6 Å². The number of aryl methyl sites for hydroxylation is 2. The third kappa shape index (κ3) is 4.85. The Morgan fingerprint density at radius 1 is 1.04 bits per heavy atom. The molecule has 0 aliphatic rings. The second-order valence-corrected chi connectivity index (χ2v) is 5.32. The fraction of sp³-hybridized carbons (Fsp3) is 0.222. The van der Waals surface area contributed by atoms with Crippen LogP contribution in [-0.4, -0.2) is 18.5 Å². The third-order valence-electron chi connectivity index (χ3n) is 3.34. The third-order valence-corrected chi connectivity index (χ3v) is 3.34. The first kappa shape index (κ1) is 16.5. The first-order valence-electron chi connectivity index (χ1n) is 7.31. The van der Waals surface area contributed by atoms with Gasteiger partial charge in [-0.15, -0.1) is 0 Å². The van der Waals surface area contributed by atoms with E-state index >= 15 is 0 Å². The van der Waals surface area contributed by atoms with E-state index in [1.165, 1.54) is 6.92 Å². The zero-order valence-corrected chi connectivity index (χ0v) is 13.5. The second kappa shape index (κ2) is 7.45. The highest BCUT2D eigenvalue weighted by Gasteiger charge is 2.04. The van der Waals surface area contributed by atoms with Crippen LogP contribution >= 0.6 is 0 Å². The number of carbonyl (C=O) groups is 2. The molecule has 2 aromatic carbocycles. The van der Waals surface area contributed by atoms with Crippen LogP contribution < -0.4 is 15.4 Å². The number of hydrogen-bond donors (Lipinski definition) is 2. The molecule has 0 radical (unpaired) electrons. The Morgan fingerprint density at radius 3 is 2.35 bits per heavy atom. The Kier molecular flexibility index (Phi) is 5.36. The number of hydrogen-bond acceptors (Lipinski definition) is 3. The predicted molar refractivity (Wildman–Crippen MR) is 90.0 cm³/mol. The molecule has 0 fully saturated rings. The van der Waals surface area contributed by atoms with Gasteiger partial charge in [0.05, 0.1) is 0 Å². The number of rotatable bonds is 5. The lowest BCUT2D eigenvalue weighted by Crippen LogP contribution is -2.32. The van der Waals surface area contributed by atoms with Crippen molar-refractivity contribution in [1.82, 2.24) is 5.32 Å². The van der Waals surface area contributed by atoms with Crippen LogP contribution in [0.5, 0.6) is 5.75 Å². The maximum absolute atomic E-state index is 11.8. The average Bonchev–Trinajstić information content (AvgIpc) is 2.50. The lowest BCUT2D eigenvalue weighted by molar-refractivity contribution is 0.101. The predicted octanol–water partition coefficient (Wildman–Crippen LogP) is 3.66. The van der Waals surface area contributed by atoms with Crippen LogP contribution in [0.25, 0.3) is 0 Å². The summed E-state index contributed by atoms with van der Waals surface area (Å²) in [7, 11) is 0. The van der Waals surface area contributed by atoms with Crippen LogP contribution in [0.15, 0.2) is 42.5 Å². The molecule has 0 heterocycles. The Balaban J connectivity index is 1.82. The van der Waals surface area contributed by atoms with Gasteiger partial charge >= 0.3 is 6.03 Å². The molecular formula is C18H20N2O3. The van der Waals surface area contributed by atoms with E-state index in [0.29, 0.717) is 11.3 Å². The Morgan fingerprint density at radius 2 is 1.74 bits per heavy atom. The molecule has 0 aliphatic heterocycles. The lowest BCUT2D eigenvalue weighted by Gasteiger charge is -2.11. The minimum Gasteiger partial charge on any atom is -0.473 e. The van der Waals surface area contributed by atoms with Crippen molar-refractivity contribution in [2.45, 2.75) is 20.8 Å². The highest BCUT2D eigenvalue weighted by Crippen LogP contribution is 2.18. The summed E-state index contributed by atoms with van der Waals surface area (Å²) in [6.45, 7) is 5.54. The van der Waals surface area contributed by atoms with Gasteiger partial charge in [0.25, 0.3) is 0 Å². The number of Topliss-reactive ketones (excluding diaryl/α,β-unsaturated/α-hetero) is 1. The van der Waals surface area contributed by atoms with Gasteiger partial charge in [-0.25, -0.2) is 4.79 Å². The van der Waals surface area contributed by atoms with Crippen LogP contribution in [0, 0.1) is 13.8 Å². The summed E-state index contributed by atoms with van der Waals surface area (Å²) >= 11 is 0. The molecule has 0 spiro atoms. The van der Waals surface area contributed by atoms with Crippen molar-refractivity contribution < 1.29 is 14.3 Å². The van der Waals surface area contributed by atoms with Gasteiger partial charge < -0.3 is 15.4 Å². The smallest absolute Gasteiger partial charge is 0.321 e. The number of amides is 2. The summed E-state index contributed by atoms with van der Waals surface area (Å²) in [5, 5.41) is 5.30. The number of benzene rings is 2. The van der Waals surface area contributed by atoms with E-state index in [-0.39, 0.29) is 18.5 Å². The SMILES string of the molecule is CC(=O)c1ccc(NC(=O)NCOc2ccc(C)cc2C)cc1. The molecule has 2 amide bonds. The van der Waals surface area contributed by atoms with Crippen LogP contribution in [0.3, 0.4) is 0 Å². The normalized spacial score (nSPS) is 10.0. The molecule has 0 saturated heterocycles. The standard InChI is InChI=1S/C18H20N2O3/c1-12-4-9-17(13(2)10-12)23-11-19-18(22)20-16-7-5-15(6-8-16)14(3)21/h4-10H,11H2,1-3H3,(H2,19,20,22). The monoisotopic (exact) mass is 312 g/mol. The molecule has 0 atom stereocenters. The molecule has 0 aliphatic carbocycles. The molecule has 2 N–H and O–H groups in total. The number of anilines is 1. The van der Waals surface area contributed by atoms with Gasteiger partial charge in [-0.1, -0.05) is 17.7 Å². The maximum atomic E-state index is 11.8. The maximum Gasteiger partial charge on any atom is 0.321 e. The summed E-state index contributed by atoms with van der Waals surface area (Å²) in [6.07, 6.45) is 0. The fourth-order valence-electron chi connectivity index (χ4n) is 2.10. The molecule has 0 saturated carbocycles. The van der Waals surface area contributed by atoms with E-state index in [0.717, 1.165) is 16.9 Å². The number of nitrogens with one attached hydrogen (secondary N) is 2. The van der Waals surface area contributed by atoms with Gasteiger partial charge in [-0.2, -0.15) is 0 Å². The minimum atomic E-state index is -0.370. The lowest BCUT2D eigenvalue weighted by atomic mass is 10.1. The topological polar surface area (TPSA) is 67.4 Å². The van der Waals surface area contributed by atoms with Crippen LogP contribution in [-0.2, 0) is 0 Å². The van der Waals surface area contributed by atoms with E-state index in [1.807, 2.05) is 32.0 Å². The number of ketones is 1. The Hall–Kier alpha value is -2.82. The van der Waals surface area contributed by atoms with E-state index in [4.69, 9.17) is 4.74 Å². The Labute approximate surface area is 135 Å². The molecule has 0 bridgehead atoms. The molecule has 0 aromatic heterocycles. The van der Waals surface area contributed by atoms with Crippen molar-refractivity contribution in [3.63, 3.8) is 0 Å². The van der Waals surface area contributed by atoms with Crippen molar-refractivity contribution in [3.8, 4) is 5.75 Å². The number of ether oxygens (including phenoxy) is 1. The summed E-state index contributed by atoms with van der Waals surface area (Å²) in [5.41, 5.74) is 3.40. The molecular weight excluding hydrogens is 292 g/mol. The van der Waals surface area contributed by atoms with Crippen LogP contribution in [0.2, 0.25) is 0 Å². The zero-order valence-electron chi connectivity index (χ0n) is 13.5. The summed E-state index contributed by atoms with van der Waals surface area (Å²) in [5.74, 6) is 0.726. The Bertz CT molecular complexity index is 709. The van der Waals surface area contributed by atoms with E-state index < -0.39 is 0 Å². The van der Waals surface area contributed by atoms with E-state index in [9.17, 15) is 9.59 Å². The van der Waals surface area contributed by atoms with E-state index in [1.54, 1.807) is 24.3 Å². The number of urea groups is 1. The average molecular weight is 312 g/mol.